The van der Waals surface area contributed by atoms with Gasteiger partial charge in [-0.2, -0.15) is 0 Å². The standard InChI is InChI=1S/C37H28N2.C31H24N2.C31H25N/c1-27-16-20-31(21-17-27)38(32-22-18-29(19-23-32)28-10-4-2-5-11-28)33-24-25-37-35(26-33)34-14-8-9-15-36(34)39(37)30-12-6-3-7-13-30;1-32(25-18-16-24(17-19-25)23-10-4-2-5-11-23)27-20-21-31-29(22-27)28-14-8-9-15-30(28)33(31)26-12-6-3-7-13-26;1-24-12-18-29(19-13-24)32(30-20-14-27(15-21-30)25-8-4-2-5-9-25)31-22-16-28(17-23-31)26-10-6-3-7-11-26/h2-26H,1H3;2-22H,1H3;2-23H,1H3. The van der Waals surface area contributed by atoms with Crippen LogP contribution in [0.5, 0.6) is 0 Å². The first-order chi connectivity index (χ1) is 51.3. The maximum Gasteiger partial charge on any atom is 0.0542 e. The zero-order valence-corrected chi connectivity index (χ0v) is 58.5. The molecule has 0 saturated carbocycles. The molecule has 2 heterocycles. The molecule has 0 aliphatic carbocycles. The minimum absolute atomic E-state index is 1.13. The van der Waals surface area contributed by atoms with Crippen molar-refractivity contribution < 1.29 is 0 Å². The van der Waals surface area contributed by atoms with E-state index in [2.05, 4.69) is 457 Å². The van der Waals surface area contributed by atoms with Gasteiger partial charge in [0.25, 0.3) is 0 Å². The number of rotatable bonds is 14. The van der Waals surface area contributed by atoms with Gasteiger partial charge in [-0.25, -0.2) is 0 Å². The molecule has 0 saturated heterocycles. The largest absolute Gasteiger partial charge is 0.345 e. The number of hydrogen-bond acceptors (Lipinski definition) is 3. The molecule has 104 heavy (non-hydrogen) atoms. The van der Waals surface area contributed by atoms with Crippen LogP contribution in [0.2, 0.25) is 0 Å². The molecular weight excluding hydrogens is 1260 g/mol. The lowest BCUT2D eigenvalue weighted by Crippen LogP contribution is -2.10. The molecule has 0 spiro atoms. The van der Waals surface area contributed by atoms with Gasteiger partial charge < -0.3 is 23.8 Å². The van der Waals surface area contributed by atoms with Gasteiger partial charge in [-0.15, -0.1) is 0 Å². The van der Waals surface area contributed by atoms with E-state index in [4.69, 9.17) is 0 Å². The first kappa shape index (κ1) is 65.2. The average Bonchev–Trinajstić information content (AvgIpc) is 1.60. The fourth-order valence-corrected chi connectivity index (χ4v) is 14.2. The summed E-state index contributed by atoms with van der Waals surface area (Å²) in [5.41, 5.74) is 28.7. The van der Waals surface area contributed by atoms with Gasteiger partial charge in [0.05, 0.1) is 22.1 Å². The van der Waals surface area contributed by atoms with Gasteiger partial charge in [0.2, 0.25) is 0 Å². The van der Waals surface area contributed by atoms with Crippen LogP contribution in [0.4, 0.5) is 45.5 Å². The highest BCUT2D eigenvalue weighted by Gasteiger charge is 2.20. The van der Waals surface area contributed by atoms with Crippen molar-refractivity contribution in [3.8, 4) is 55.9 Å². The smallest absolute Gasteiger partial charge is 0.0542 e. The topological polar surface area (TPSA) is 19.6 Å². The van der Waals surface area contributed by atoms with Crippen molar-refractivity contribution in [2.75, 3.05) is 21.7 Å². The number of anilines is 8. The predicted molar refractivity (Wildman–Crippen MR) is 443 cm³/mol. The SMILES string of the molecule is CN(c1ccc(-c2ccccc2)cc1)c1ccc2c(c1)c1ccccc1n2-c1ccccc1.Cc1ccc(N(c2ccc(-c3ccccc3)cc2)c2ccc(-c3ccccc3)cc2)cc1.Cc1ccc(N(c2ccc(-c3ccccc3)cc2)c2ccc3c(c2)c2ccccc2n3-c2ccccc2)cc1. The zero-order chi connectivity index (χ0) is 70.1. The van der Waals surface area contributed by atoms with Crippen molar-refractivity contribution in [2.45, 2.75) is 13.8 Å². The van der Waals surface area contributed by atoms with Crippen LogP contribution in [-0.2, 0) is 0 Å². The van der Waals surface area contributed by atoms with E-state index in [1.165, 1.54) is 122 Å². The molecule has 16 aromatic carbocycles. The summed E-state index contributed by atoms with van der Waals surface area (Å²) in [6, 6.07) is 147. The highest BCUT2D eigenvalue weighted by atomic mass is 15.1. The second-order valence-electron chi connectivity index (χ2n) is 26.3. The highest BCUT2D eigenvalue weighted by molar-refractivity contribution is 6.12. The van der Waals surface area contributed by atoms with E-state index in [0.29, 0.717) is 0 Å². The summed E-state index contributed by atoms with van der Waals surface area (Å²) in [5, 5.41) is 5.03. The third-order valence-electron chi connectivity index (χ3n) is 19.6. The van der Waals surface area contributed by atoms with Crippen molar-refractivity contribution in [3.05, 3.63) is 424 Å². The van der Waals surface area contributed by atoms with Gasteiger partial charge in [0.1, 0.15) is 0 Å². The Balaban J connectivity index is 0.000000121. The van der Waals surface area contributed by atoms with Crippen LogP contribution in [0.15, 0.2) is 413 Å². The third kappa shape index (κ3) is 13.7. The van der Waals surface area contributed by atoms with Crippen LogP contribution in [0, 0.1) is 13.8 Å². The van der Waals surface area contributed by atoms with E-state index in [0.717, 1.165) is 34.1 Å². The molecule has 0 atom stereocenters. The molecule has 0 aliphatic rings. The van der Waals surface area contributed by atoms with Gasteiger partial charge in [-0.05, 0) is 204 Å². The zero-order valence-electron chi connectivity index (χ0n) is 58.5. The molecule has 0 radical (unpaired) electrons. The number of hydrogen-bond donors (Lipinski definition) is 0. The van der Waals surface area contributed by atoms with Crippen LogP contribution < -0.4 is 14.7 Å². The lowest BCUT2D eigenvalue weighted by atomic mass is 10.0. The number of aryl methyl sites for hydroxylation is 2. The summed E-state index contributed by atoms with van der Waals surface area (Å²) in [4.78, 5) is 6.91. The lowest BCUT2D eigenvalue weighted by molar-refractivity contribution is 1.17. The Morgan fingerprint density at radius 3 is 0.750 bits per heavy atom. The molecule has 2 aromatic heterocycles. The van der Waals surface area contributed by atoms with E-state index in [-0.39, 0.29) is 0 Å². The summed E-state index contributed by atoms with van der Waals surface area (Å²) in [7, 11) is 2.13. The average molecular weight is 1340 g/mol. The van der Waals surface area contributed by atoms with Crippen molar-refractivity contribution in [3.63, 3.8) is 0 Å². The molecule has 0 bridgehead atoms. The van der Waals surface area contributed by atoms with Crippen LogP contribution in [0.3, 0.4) is 0 Å². The van der Waals surface area contributed by atoms with Crippen molar-refractivity contribution in [1.29, 1.82) is 0 Å². The quantitative estimate of drug-likeness (QED) is 0.108. The molecule has 18 aromatic rings. The Kier molecular flexibility index (Phi) is 18.6. The molecular formula is C99H77N5. The van der Waals surface area contributed by atoms with E-state index in [1.54, 1.807) is 0 Å². The molecule has 18 rings (SSSR count). The summed E-state index contributed by atoms with van der Waals surface area (Å²) in [6.07, 6.45) is 0. The Labute approximate surface area is 609 Å². The molecule has 0 fully saturated rings. The number of fused-ring (bicyclic) bond motifs is 6. The second kappa shape index (κ2) is 29.8. The van der Waals surface area contributed by atoms with Crippen LogP contribution in [-0.4, -0.2) is 16.2 Å². The molecule has 5 nitrogen and oxygen atoms in total. The first-order valence-corrected chi connectivity index (χ1v) is 35.6. The van der Waals surface area contributed by atoms with Crippen LogP contribution >= 0.6 is 0 Å². The van der Waals surface area contributed by atoms with Crippen LogP contribution in [0.25, 0.3) is 99.5 Å². The molecule has 498 valence electrons. The summed E-state index contributed by atoms with van der Waals surface area (Å²) in [6.45, 7) is 4.25. The number of para-hydroxylation sites is 4. The minimum atomic E-state index is 1.13. The van der Waals surface area contributed by atoms with Gasteiger partial charge in [-0.1, -0.05) is 278 Å². The summed E-state index contributed by atoms with van der Waals surface area (Å²) >= 11 is 0. The lowest BCUT2D eigenvalue weighted by Gasteiger charge is -2.26. The van der Waals surface area contributed by atoms with Gasteiger partial charge in [-0.3, -0.25) is 0 Å². The molecule has 0 amide bonds. The fourth-order valence-electron chi connectivity index (χ4n) is 14.2. The normalized spacial score (nSPS) is 11.0. The van der Waals surface area contributed by atoms with E-state index >= 15 is 0 Å². The fraction of sp³-hybridized carbons (Fsp3) is 0.0303. The van der Waals surface area contributed by atoms with Crippen LogP contribution in [0.1, 0.15) is 11.1 Å². The van der Waals surface area contributed by atoms with Crippen molar-refractivity contribution in [1.82, 2.24) is 9.13 Å². The van der Waals surface area contributed by atoms with Crippen molar-refractivity contribution in [2.24, 2.45) is 0 Å². The molecule has 0 aliphatic heterocycles. The Hall–Kier alpha value is -13.5. The van der Waals surface area contributed by atoms with E-state index in [9.17, 15) is 0 Å². The minimum Gasteiger partial charge on any atom is -0.345 e. The monoisotopic (exact) mass is 1340 g/mol. The summed E-state index contributed by atoms with van der Waals surface area (Å²) < 4.78 is 4.71. The van der Waals surface area contributed by atoms with E-state index in [1.807, 2.05) is 0 Å². The van der Waals surface area contributed by atoms with Gasteiger partial charge in [0, 0.05) is 85.5 Å². The Bertz CT molecular complexity index is 5780. The van der Waals surface area contributed by atoms with E-state index < -0.39 is 0 Å². The van der Waals surface area contributed by atoms with Crippen molar-refractivity contribution >= 4 is 89.1 Å². The van der Waals surface area contributed by atoms with Gasteiger partial charge in [0.15, 0.2) is 0 Å². The molecule has 0 N–H and O–H groups in total. The number of nitrogens with zero attached hydrogens (tertiary/aromatic N) is 5. The molecule has 5 heteroatoms. The Morgan fingerprint density at radius 1 is 0.183 bits per heavy atom. The number of aromatic nitrogens is 2. The predicted octanol–water partition coefficient (Wildman–Crippen LogP) is 27.2. The summed E-state index contributed by atoms with van der Waals surface area (Å²) in [5.74, 6) is 0. The first-order valence-electron chi connectivity index (χ1n) is 35.6. The third-order valence-corrected chi connectivity index (χ3v) is 19.6. The number of benzene rings is 16. The maximum atomic E-state index is 2.36. The Morgan fingerprint density at radius 2 is 0.413 bits per heavy atom. The maximum absolute atomic E-state index is 2.36. The highest BCUT2D eigenvalue weighted by Crippen LogP contribution is 2.43. The van der Waals surface area contributed by atoms with Gasteiger partial charge >= 0.3 is 0 Å². The molecule has 0 unspecified atom stereocenters. The second-order valence-corrected chi connectivity index (χ2v) is 26.3.